The van der Waals surface area contributed by atoms with Crippen LogP contribution in [0.25, 0.3) is 0 Å². The van der Waals surface area contributed by atoms with Gasteiger partial charge in [0, 0.05) is 11.9 Å². The molecule has 5 N–H and O–H groups in total. The normalized spacial score (nSPS) is 19.6. The predicted molar refractivity (Wildman–Crippen MR) is 72.0 cm³/mol. The summed E-state index contributed by atoms with van der Waals surface area (Å²) in [5, 5.41) is 17.7. The molecule has 1 aliphatic heterocycles. The molecule has 1 saturated heterocycles. The zero-order valence-electron chi connectivity index (χ0n) is 11.3. The number of anilines is 1. The lowest BCUT2D eigenvalue weighted by molar-refractivity contribution is -0.126. The number of carbonyl (C=O) groups is 2. The number of imidazole rings is 1. The van der Waals surface area contributed by atoms with E-state index in [0.29, 0.717) is 0 Å². The van der Waals surface area contributed by atoms with Gasteiger partial charge in [-0.05, 0) is 26.3 Å². The molecule has 0 saturated carbocycles. The number of aliphatic hydroxyl groups excluding tert-OH is 1. The van der Waals surface area contributed by atoms with Crippen molar-refractivity contribution in [1.29, 1.82) is 0 Å². The molecule has 0 aromatic carbocycles. The van der Waals surface area contributed by atoms with Crippen molar-refractivity contribution < 1.29 is 14.7 Å². The van der Waals surface area contributed by atoms with Crippen molar-refractivity contribution in [2.45, 2.75) is 31.9 Å². The van der Waals surface area contributed by atoms with Crippen LogP contribution in [0.1, 0.15) is 18.5 Å². The molecular formula is C12H19N5O3. The van der Waals surface area contributed by atoms with Gasteiger partial charge in [-0.1, -0.05) is 0 Å². The van der Waals surface area contributed by atoms with Gasteiger partial charge in [0.2, 0.25) is 11.9 Å². The van der Waals surface area contributed by atoms with Crippen LogP contribution in [0, 0.1) is 6.92 Å². The summed E-state index contributed by atoms with van der Waals surface area (Å²) in [5.74, 6) is -0.530. The fraction of sp³-hybridized carbons (Fsp3) is 0.583. The van der Waals surface area contributed by atoms with Crippen molar-refractivity contribution in [1.82, 2.24) is 20.6 Å². The number of nitrogens with one attached hydrogen (secondary N) is 4. The van der Waals surface area contributed by atoms with Gasteiger partial charge in [0.15, 0.2) is 0 Å². The first-order valence-corrected chi connectivity index (χ1v) is 6.58. The average molecular weight is 281 g/mol. The Hall–Kier alpha value is -1.93. The minimum absolute atomic E-state index is 0.122. The number of aliphatic hydroxyl groups is 1. The van der Waals surface area contributed by atoms with Crippen LogP contribution in [-0.2, 0) is 9.59 Å². The van der Waals surface area contributed by atoms with Gasteiger partial charge >= 0.3 is 0 Å². The molecule has 1 aromatic heterocycles. The van der Waals surface area contributed by atoms with Crippen LogP contribution in [-0.4, -0.2) is 52.1 Å². The maximum atomic E-state index is 11.7. The molecule has 1 fully saturated rings. The summed E-state index contributed by atoms with van der Waals surface area (Å²) in [7, 11) is 0. The Morgan fingerprint density at radius 1 is 1.60 bits per heavy atom. The number of aryl methyl sites for hydroxylation is 1. The van der Waals surface area contributed by atoms with Crippen molar-refractivity contribution in [3.63, 3.8) is 0 Å². The van der Waals surface area contributed by atoms with Crippen LogP contribution >= 0.6 is 0 Å². The maximum absolute atomic E-state index is 11.7. The molecule has 8 nitrogen and oxygen atoms in total. The lowest BCUT2D eigenvalue weighted by Crippen LogP contribution is -2.45. The molecule has 0 radical (unpaired) electrons. The van der Waals surface area contributed by atoms with Gasteiger partial charge in [-0.2, -0.15) is 0 Å². The Bertz CT molecular complexity index is 481. The molecule has 2 atom stereocenters. The Morgan fingerprint density at radius 2 is 2.40 bits per heavy atom. The summed E-state index contributed by atoms with van der Waals surface area (Å²) in [4.78, 5) is 30.1. The number of nitrogens with zero attached hydrogens (tertiary/aromatic N) is 1. The van der Waals surface area contributed by atoms with Crippen LogP contribution in [0.15, 0.2) is 6.20 Å². The van der Waals surface area contributed by atoms with Crippen molar-refractivity contribution in [3.8, 4) is 0 Å². The summed E-state index contributed by atoms with van der Waals surface area (Å²) in [6, 6.07) is -0.224. The van der Waals surface area contributed by atoms with Crippen molar-refractivity contribution in [2.24, 2.45) is 0 Å². The van der Waals surface area contributed by atoms with Crippen LogP contribution in [0.5, 0.6) is 0 Å². The largest absolute Gasteiger partial charge is 0.381 e. The Labute approximate surface area is 116 Å². The molecule has 2 amide bonds. The molecule has 2 heterocycles. The van der Waals surface area contributed by atoms with E-state index >= 15 is 0 Å². The fourth-order valence-electron chi connectivity index (χ4n) is 2.00. The van der Waals surface area contributed by atoms with Crippen LogP contribution < -0.4 is 16.0 Å². The number of aromatic amines is 1. The first-order valence-electron chi connectivity index (χ1n) is 6.58. The predicted octanol–water partition coefficient (Wildman–Crippen LogP) is -1.11. The number of rotatable bonds is 5. The molecule has 110 valence electrons. The molecular weight excluding hydrogens is 262 g/mol. The Morgan fingerprint density at radius 3 is 3.00 bits per heavy atom. The molecule has 20 heavy (non-hydrogen) atoms. The van der Waals surface area contributed by atoms with Gasteiger partial charge in [0.1, 0.15) is 6.10 Å². The van der Waals surface area contributed by atoms with Crippen molar-refractivity contribution in [2.75, 3.05) is 18.4 Å². The quantitative estimate of drug-likeness (QED) is 0.469. The van der Waals surface area contributed by atoms with Gasteiger partial charge in [-0.3, -0.25) is 14.9 Å². The minimum Gasteiger partial charge on any atom is -0.381 e. The monoisotopic (exact) mass is 281 g/mol. The highest BCUT2D eigenvalue weighted by atomic mass is 16.3. The molecule has 0 unspecified atom stereocenters. The highest BCUT2D eigenvalue weighted by Gasteiger charge is 2.23. The second kappa shape index (κ2) is 6.49. The molecule has 0 spiro atoms. The van der Waals surface area contributed by atoms with E-state index in [2.05, 4.69) is 25.9 Å². The summed E-state index contributed by atoms with van der Waals surface area (Å²) in [5.41, 5.74) is 0.801. The van der Waals surface area contributed by atoms with E-state index in [4.69, 9.17) is 0 Å². The second-order valence-corrected chi connectivity index (χ2v) is 4.81. The minimum atomic E-state index is -1.31. The zero-order valence-corrected chi connectivity index (χ0v) is 11.3. The molecule has 8 heteroatoms. The topological polar surface area (TPSA) is 119 Å². The van der Waals surface area contributed by atoms with E-state index in [9.17, 15) is 14.7 Å². The molecule has 0 bridgehead atoms. The van der Waals surface area contributed by atoms with E-state index in [1.54, 1.807) is 13.1 Å². The number of hydrogen-bond donors (Lipinski definition) is 5. The number of carbonyl (C=O) groups excluding carboxylic acids is 2. The highest BCUT2D eigenvalue weighted by molar-refractivity contribution is 5.93. The average Bonchev–Trinajstić information content (AvgIpc) is 3.07. The van der Waals surface area contributed by atoms with Gasteiger partial charge < -0.3 is 20.7 Å². The molecule has 1 aromatic rings. The van der Waals surface area contributed by atoms with Gasteiger partial charge in [0.25, 0.3) is 5.91 Å². The smallest absolute Gasteiger partial charge is 0.257 e. The lowest BCUT2D eigenvalue weighted by Gasteiger charge is -2.14. The van der Waals surface area contributed by atoms with Gasteiger partial charge in [-0.15, -0.1) is 0 Å². The van der Waals surface area contributed by atoms with E-state index in [1.165, 1.54) is 0 Å². The summed E-state index contributed by atoms with van der Waals surface area (Å²) in [6.45, 7) is 2.50. The molecule has 0 aliphatic carbocycles. The lowest BCUT2D eigenvalue weighted by atomic mass is 10.2. The Balaban J connectivity index is 1.74. The number of amides is 2. The maximum Gasteiger partial charge on any atom is 0.257 e. The molecule has 2 rings (SSSR count). The van der Waals surface area contributed by atoms with E-state index in [0.717, 1.165) is 25.1 Å². The van der Waals surface area contributed by atoms with Gasteiger partial charge in [-0.25, -0.2) is 4.98 Å². The highest BCUT2D eigenvalue weighted by Crippen LogP contribution is 2.04. The van der Waals surface area contributed by atoms with Crippen LogP contribution in [0.4, 0.5) is 5.95 Å². The number of hydrogen-bond acceptors (Lipinski definition) is 5. The SMILES string of the molecule is Cc1cnc(NC(=O)[C@H](O)CNC(=O)[C@@H]2CCCN2)[nH]1. The Kier molecular flexibility index (Phi) is 4.70. The van der Waals surface area contributed by atoms with Crippen LogP contribution in [0.2, 0.25) is 0 Å². The fourth-order valence-corrected chi connectivity index (χ4v) is 2.00. The summed E-state index contributed by atoms with van der Waals surface area (Å²) >= 11 is 0. The van der Waals surface area contributed by atoms with E-state index in [1.807, 2.05) is 0 Å². The molecule has 1 aliphatic rings. The van der Waals surface area contributed by atoms with E-state index in [-0.39, 0.29) is 24.4 Å². The third-order valence-corrected chi connectivity index (χ3v) is 3.09. The second-order valence-electron chi connectivity index (χ2n) is 4.81. The summed E-state index contributed by atoms with van der Waals surface area (Å²) in [6.07, 6.45) is 1.99. The van der Waals surface area contributed by atoms with Crippen molar-refractivity contribution >= 4 is 17.8 Å². The third kappa shape index (κ3) is 3.78. The third-order valence-electron chi connectivity index (χ3n) is 3.09. The zero-order chi connectivity index (χ0) is 14.5. The number of H-pyrrole nitrogens is 1. The van der Waals surface area contributed by atoms with Crippen molar-refractivity contribution in [3.05, 3.63) is 11.9 Å². The van der Waals surface area contributed by atoms with Crippen LogP contribution in [0.3, 0.4) is 0 Å². The summed E-state index contributed by atoms with van der Waals surface area (Å²) < 4.78 is 0. The van der Waals surface area contributed by atoms with E-state index < -0.39 is 12.0 Å². The first-order chi connectivity index (χ1) is 9.56. The first kappa shape index (κ1) is 14.5. The van der Waals surface area contributed by atoms with Gasteiger partial charge in [0.05, 0.1) is 12.6 Å². The number of aromatic nitrogens is 2. The standard InChI is InChI=1S/C12H19N5O3/c1-7-5-15-12(16-7)17-11(20)9(18)6-14-10(19)8-3-2-4-13-8/h5,8-9,13,18H,2-4,6H2,1H3,(H,14,19)(H2,15,16,17,20)/t8-,9+/m0/s1.